The van der Waals surface area contributed by atoms with Crippen molar-refractivity contribution in [2.45, 2.75) is 32.1 Å². The lowest BCUT2D eigenvalue weighted by molar-refractivity contribution is -0.130. The maximum atomic E-state index is 12.4. The minimum Gasteiger partial charge on any atom is -0.342 e. The normalized spacial score (nSPS) is 21.9. The zero-order valence-corrected chi connectivity index (χ0v) is 12.9. The second kappa shape index (κ2) is 6.14. The molecule has 0 saturated carbocycles. The van der Waals surface area contributed by atoms with Crippen molar-refractivity contribution in [1.82, 2.24) is 14.8 Å². The summed E-state index contributed by atoms with van der Waals surface area (Å²) in [5.41, 5.74) is 1.42. The van der Waals surface area contributed by atoms with Gasteiger partial charge in [-0.3, -0.25) is 9.78 Å². The minimum atomic E-state index is 0.302. The van der Waals surface area contributed by atoms with Crippen LogP contribution < -0.4 is 0 Å². The van der Waals surface area contributed by atoms with Crippen molar-refractivity contribution in [3.05, 3.63) is 30.1 Å². The van der Waals surface area contributed by atoms with E-state index in [1.54, 1.807) is 6.20 Å². The first-order chi connectivity index (χ1) is 10.2. The number of aromatic nitrogens is 1. The van der Waals surface area contributed by atoms with Crippen LogP contribution >= 0.6 is 0 Å². The second-order valence-electron chi connectivity index (χ2n) is 6.69. The smallest absolute Gasteiger partial charge is 0.222 e. The lowest BCUT2D eigenvalue weighted by atomic mass is 9.78. The van der Waals surface area contributed by atoms with Crippen molar-refractivity contribution in [3.63, 3.8) is 0 Å². The van der Waals surface area contributed by atoms with Crippen molar-refractivity contribution in [2.24, 2.45) is 5.41 Å². The number of rotatable bonds is 3. The van der Waals surface area contributed by atoms with Crippen LogP contribution in [0.3, 0.4) is 0 Å². The first-order valence-corrected chi connectivity index (χ1v) is 8.03. The molecule has 4 nitrogen and oxygen atoms in total. The minimum absolute atomic E-state index is 0.302. The van der Waals surface area contributed by atoms with Gasteiger partial charge in [0, 0.05) is 31.4 Å². The Balaban J connectivity index is 1.50. The molecule has 1 amide bonds. The van der Waals surface area contributed by atoms with E-state index in [-0.39, 0.29) is 0 Å². The molecule has 4 heteroatoms. The molecule has 1 spiro atoms. The Kier molecular flexibility index (Phi) is 4.24. The monoisotopic (exact) mass is 287 g/mol. The van der Waals surface area contributed by atoms with E-state index in [2.05, 4.69) is 21.8 Å². The number of amides is 1. The molecule has 0 N–H and O–H groups in total. The number of piperidine rings is 1. The van der Waals surface area contributed by atoms with Gasteiger partial charge >= 0.3 is 0 Å². The molecule has 2 aliphatic rings. The quantitative estimate of drug-likeness (QED) is 0.852. The van der Waals surface area contributed by atoms with Crippen LogP contribution in [0.2, 0.25) is 0 Å². The van der Waals surface area contributed by atoms with E-state index in [0.717, 1.165) is 25.2 Å². The number of pyridine rings is 1. The maximum absolute atomic E-state index is 12.4. The van der Waals surface area contributed by atoms with E-state index in [1.807, 2.05) is 18.2 Å². The van der Waals surface area contributed by atoms with Gasteiger partial charge in [0.25, 0.3) is 0 Å². The molecular formula is C17H25N3O. The summed E-state index contributed by atoms with van der Waals surface area (Å²) in [4.78, 5) is 21.2. The standard InChI is InChI=1S/C17H25N3O/c1-19-11-7-17(8-12-19)9-13-20(14-17)16(21)6-5-15-4-2-3-10-18-15/h2-4,10H,5-9,11-14H2,1H3. The molecule has 0 bridgehead atoms. The molecule has 3 rings (SSSR count). The molecule has 0 radical (unpaired) electrons. The van der Waals surface area contributed by atoms with Crippen LogP contribution in [0, 0.1) is 5.41 Å². The van der Waals surface area contributed by atoms with Crippen molar-refractivity contribution in [2.75, 3.05) is 33.2 Å². The first-order valence-electron chi connectivity index (χ1n) is 8.03. The van der Waals surface area contributed by atoms with Gasteiger partial charge in [-0.15, -0.1) is 0 Å². The molecular weight excluding hydrogens is 262 g/mol. The van der Waals surface area contributed by atoms with Crippen LogP contribution in [0.1, 0.15) is 31.4 Å². The first kappa shape index (κ1) is 14.5. The van der Waals surface area contributed by atoms with Crippen LogP contribution in [-0.2, 0) is 11.2 Å². The SMILES string of the molecule is CN1CCC2(CC1)CCN(C(=O)CCc1ccccn1)C2. The zero-order valence-electron chi connectivity index (χ0n) is 12.9. The van der Waals surface area contributed by atoms with Crippen LogP contribution in [-0.4, -0.2) is 53.9 Å². The molecule has 0 atom stereocenters. The zero-order chi connectivity index (χ0) is 14.7. The number of carbonyl (C=O) groups is 1. The third kappa shape index (κ3) is 3.43. The van der Waals surface area contributed by atoms with Gasteiger partial charge in [0.05, 0.1) is 0 Å². The van der Waals surface area contributed by atoms with Gasteiger partial charge in [0.1, 0.15) is 0 Å². The van der Waals surface area contributed by atoms with Gasteiger partial charge < -0.3 is 9.80 Å². The molecule has 3 heterocycles. The van der Waals surface area contributed by atoms with Gasteiger partial charge in [-0.2, -0.15) is 0 Å². The summed E-state index contributed by atoms with van der Waals surface area (Å²) in [6.45, 7) is 4.28. The average Bonchev–Trinajstić information content (AvgIpc) is 2.93. The summed E-state index contributed by atoms with van der Waals surface area (Å²) in [5, 5.41) is 0. The Hall–Kier alpha value is -1.42. The number of nitrogens with zero attached hydrogens (tertiary/aromatic N) is 3. The van der Waals surface area contributed by atoms with Crippen molar-refractivity contribution < 1.29 is 4.79 Å². The highest BCUT2D eigenvalue weighted by atomic mass is 16.2. The average molecular weight is 287 g/mol. The fourth-order valence-electron chi connectivity index (χ4n) is 3.59. The van der Waals surface area contributed by atoms with Gasteiger partial charge in [-0.25, -0.2) is 0 Å². The van der Waals surface area contributed by atoms with E-state index < -0.39 is 0 Å². The van der Waals surface area contributed by atoms with E-state index >= 15 is 0 Å². The highest BCUT2D eigenvalue weighted by Gasteiger charge is 2.41. The lowest BCUT2D eigenvalue weighted by Gasteiger charge is -2.37. The van der Waals surface area contributed by atoms with E-state index in [4.69, 9.17) is 0 Å². The molecule has 2 aliphatic heterocycles. The predicted octanol–water partition coefficient (Wildman–Crippen LogP) is 1.96. The summed E-state index contributed by atoms with van der Waals surface area (Å²) in [6.07, 6.45) is 6.82. The van der Waals surface area contributed by atoms with E-state index in [0.29, 0.717) is 17.7 Å². The largest absolute Gasteiger partial charge is 0.342 e. The van der Waals surface area contributed by atoms with Crippen LogP contribution in [0.5, 0.6) is 0 Å². The van der Waals surface area contributed by atoms with Crippen molar-refractivity contribution >= 4 is 5.91 Å². The number of carbonyl (C=O) groups excluding carboxylic acids is 1. The third-order valence-corrected chi connectivity index (χ3v) is 5.16. The second-order valence-corrected chi connectivity index (χ2v) is 6.69. The Morgan fingerprint density at radius 1 is 1.24 bits per heavy atom. The summed E-state index contributed by atoms with van der Waals surface area (Å²) in [7, 11) is 2.19. The van der Waals surface area contributed by atoms with Crippen LogP contribution in [0.25, 0.3) is 0 Å². The summed E-state index contributed by atoms with van der Waals surface area (Å²) in [5.74, 6) is 0.302. The number of likely N-dealkylation sites (tertiary alicyclic amines) is 2. The van der Waals surface area contributed by atoms with Gasteiger partial charge in [0.15, 0.2) is 0 Å². The fourth-order valence-corrected chi connectivity index (χ4v) is 3.59. The molecule has 0 aliphatic carbocycles. The fraction of sp³-hybridized carbons (Fsp3) is 0.647. The molecule has 0 unspecified atom stereocenters. The Morgan fingerprint density at radius 3 is 2.71 bits per heavy atom. The highest BCUT2D eigenvalue weighted by Crippen LogP contribution is 2.40. The molecule has 2 saturated heterocycles. The lowest BCUT2D eigenvalue weighted by Crippen LogP contribution is -2.40. The van der Waals surface area contributed by atoms with Gasteiger partial charge in [-0.05, 0) is 63.4 Å². The Bertz CT molecular complexity index is 480. The van der Waals surface area contributed by atoms with E-state index in [1.165, 1.54) is 32.4 Å². The number of hydrogen-bond acceptors (Lipinski definition) is 3. The molecule has 114 valence electrons. The molecule has 0 aromatic carbocycles. The molecule has 2 fully saturated rings. The third-order valence-electron chi connectivity index (χ3n) is 5.16. The molecule has 1 aromatic rings. The number of aryl methyl sites for hydroxylation is 1. The van der Waals surface area contributed by atoms with Crippen LogP contribution in [0.4, 0.5) is 0 Å². The summed E-state index contributed by atoms with van der Waals surface area (Å²) in [6, 6.07) is 5.89. The van der Waals surface area contributed by atoms with E-state index in [9.17, 15) is 4.79 Å². The highest BCUT2D eigenvalue weighted by molar-refractivity contribution is 5.76. The van der Waals surface area contributed by atoms with Gasteiger partial charge in [0.2, 0.25) is 5.91 Å². The van der Waals surface area contributed by atoms with Crippen molar-refractivity contribution in [3.8, 4) is 0 Å². The predicted molar refractivity (Wildman–Crippen MR) is 82.9 cm³/mol. The number of hydrogen-bond donors (Lipinski definition) is 0. The van der Waals surface area contributed by atoms with Crippen LogP contribution in [0.15, 0.2) is 24.4 Å². The topological polar surface area (TPSA) is 36.4 Å². The van der Waals surface area contributed by atoms with Gasteiger partial charge in [-0.1, -0.05) is 6.07 Å². The van der Waals surface area contributed by atoms with Crippen molar-refractivity contribution in [1.29, 1.82) is 0 Å². The summed E-state index contributed by atoms with van der Waals surface area (Å²) >= 11 is 0. The Morgan fingerprint density at radius 2 is 2.00 bits per heavy atom. The maximum Gasteiger partial charge on any atom is 0.222 e. The molecule has 21 heavy (non-hydrogen) atoms. The Labute approximate surface area is 127 Å². The summed E-state index contributed by atoms with van der Waals surface area (Å²) < 4.78 is 0. The molecule has 1 aromatic heterocycles.